The molecule has 1 aromatic rings. The number of ketones is 1. The number of aliphatic hydroxyl groups is 1. The zero-order valence-electron chi connectivity index (χ0n) is 24.2. The predicted octanol–water partition coefficient (Wildman–Crippen LogP) is 5.58. The maximum absolute atomic E-state index is 12.3. The van der Waals surface area contributed by atoms with Gasteiger partial charge in [0, 0.05) is 50.8 Å². The molecule has 39 heavy (non-hydrogen) atoms. The highest BCUT2D eigenvalue weighted by molar-refractivity contribution is 5.93. The predicted molar refractivity (Wildman–Crippen MR) is 154 cm³/mol. The molecular formula is C34H43NO4. The summed E-state index contributed by atoms with van der Waals surface area (Å²) >= 11 is 0. The summed E-state index contributed by atoms with van der Waals surface area (Å²) < 4.78 is 11.0. The number of methoxy groups -OCH3 is 2. The van der Waals surface area contributed by atoms with Gasteiger partial charge >= 0.3 is 0 Å². The Morgan fingerprint density at radius 3 is 2.51 bits per heavy atom. The van der Waals surface area contributed by atoms with Crippen molar-refractivity contribution < 1.29 is 19.4 Å². The number of ether oxygens (including phenoxy) is 2. The minimum absolute atomic E-state index is 0.210. The maximum Gasteiger partial charge on any atom is 0.156 e. The van der Waals surface area contributed by atoms with Crippen molar-refractivity contribution in [3.63, 3.8) is 0 Å². The van der Waals surface area contributed by atoms with Crippen LogP contribution in [-0.2, 0) is 14.3 Å². The highest BCUT2D eigenvalue weighted by Crippen LogP contribution is 2.66. The number of hydrogen-bond acceptors (Lipinski definition) is 5. The van der Waals surface area contributed by atoms with Crippen LogP contribution in [0.4, 0.5) is 5.69 Å². The van der Waals surface area contributed by atoms with Gasteiger partial charge in [-0.1, -0.05) is 36.5 Å². The molecule has 0 amide bonds. The lowest BCUT2D eigenvalue weighted by molar-refractivity contribution is -0.114. The van der Waals surface area contributed by atoms with Crippen LogP contribution >= 0.6 is 0 Å². The van der Waals surface area contributed by atoms with Crippen molar-refractivity contribution >= 4 is 11.5 Å². The van der Waals surface area contributed by atoms with Crippen LogP contribution in [0.15, 0.2) is 47.1 Å². The molecule has 1 aromatic carbocycles. The van der Waals surface area contributed by atoms with Gasteiger partial charge in [0.05, 0.1) is 6.10 Å². The summed E-state index contributed by atoms with van der Waals surface area (Å²) in [4.78, 5) is 14.7. The van der Waals surface area contributed by atoms with Gasteiger partial charge in [0.15, 0.2) is 5.78 Å². The van der Waals surface area contributed by atoms with Crippen molar-refractivity contribution in [1.82, 2.24) is 0 Å². The standard InChI is InChI=1S/C34H43NO4/c1-32(2,39-5)16-17-34(37)15-14-30-28-12-8-23-18-25(36)11-13-27(23)31(28)29(19-33(30,34)3)22-6-9-24(10-7-22)35-20-26(21-35)38-4/h6-7,9-10,18,26,28-30,37H,8,11-15,19-21H2,1-5H3/t28-,29+,30-,33-,34+/m0/s1. The molecule has 5 nitrogen and oxygen atoms in total. The first-order valence-corrected chi connectivity index (χ1v) is 14.7. The minimum atomic E-state index is -1.05. The van der Waals surface area contributed by atoms with Crippen molar-refractivity contribution in [1.29, 1.82) is 0 Å². The Kier molecular flexibility index (Phi) is 6.61. The van der Waals surface area contributed by atoms with E-state index in [1.165, 1.54) is 22.4 Å². The second kappa shape index (κ2) is 9.61. The Balaban J connectivity index is 1.41. The molecule has 6 rings (SSSR count). The number of hydrogen-bond donors (Lipinski definition) is 1. The molecule has 3 fully saturated rings. The molecule has 5 atom stereocenters. The molecule has 1 aliphatic heterocycles. The molecule has 1 saturated heterocycles. The van der Waals surface area contributed by atoms with E-state index in [9.17, 15) is 9.90 Å². The number of carbonyl (C=O) groups is 1. The van der Waals surface area contributed by atoms with Crippen molar-refractivity contribution in [2.24, 2.45) is 17.3 Å². The van der Waals surface area contributed by atoms with E-state index in [2.05, 4.69) is 47.9 Å². The summed E-state index contributed by atoms with van der Waals surface area (Å²) in [7, 11) is 3.46. The lowest BCUT2D eigenvalue weighted by Crippen LogP contribution is -2.52. The number of rotatable bonds is 4. The van der Waals surface area contributed by atoms with Gasteiger partial charge in [-0.25, -0.2) is 0 Å². The van der Waals surface area contributed by atoms with E-state index < -0.39 is 11.2 Å². The molecule has 5 heteroatoms. The number of fused-ring (bicyclic) bond motifs is 4. The molecular weight excluding hydrogens is 486 g/mol. The monoisotopic (exact) mass is 529 g/mol. The zero-order valence-corrected chi connectivity index (χ0v) is 24.2. The molecule has 0 unspecified atom stereocenters. The Morgan fingerprint density at radius 1 is 1.08 bits per heavy atom. The second-order valence-corrected chi connectivity index (χ2v) is 13.2. The van der Waals surface area contributed by atoms with E-state index >= 15 is 0 Å². The Bertz CT molecular complexity index is 1270. The second-order valence-electron chi connectivity index (χ2n) is 13.2. The molecule has 4 aliphatic carbocycles. The van der Waals surface area contributed by atoms with E-state index in [1.807, 2.05) is 19.9 Å². The van der Waals surface area contributed by atoms with Crippen LogP contribution in [0.3, 0.4) is 0 Å². The van der Waals surface area contributed by atoms with Gasteiger partial charge in [0.2, 0.25) is 0 Å². The van der Waals surface area contributed by atoms with Crippen molar-refractivity contribution in [3.05, 3.63) is 52.6 Å². The third-order valence-corrected chi connectivity index (χ3v) is 10.8. The molecule has 0 aromatic heterocycles. The van der Waals surface area contributed by atoms with Crippen LogP contribution in [0.5, 0.6) is 0 Å². The zero-order chi connectivity index (χ0) is 27.6. The van der Waals surface area contributed by atoms with E-state index in [1.54, 1.807) is 19.8 Å². The largest absolute Gasteiger partial charge is 0.378 e. The fraction of sp³-hybridized carbons (Fsp3) is 0.618. The topological polar surface area (TPSA) is 59.0 Å². The Hall–Kier alpha value is -2.39. The summed E-state index contributed by atoms with van der Waals surface area (Å²) in [6.45, 7) is 8.07. The van der Waals surface area contributed by atoms with Crippen LogP contribution in [0.25, 0.3) is 0 Å². The SMILES string of the molecule is COC1CN(c2ccc([C@H]3C[C@@]4(C)[C@@H](CC[C@@]4(O)C#CC(C)(C)OC)[C@@H]4CCC5=CC(=O)CCC5=C43)cc2)C1. The van der Waals surface area contributed by atoms with Crippen LogP contribution in [0.2, 0.25) is 0 Å². The van der Waals surface area contributed by atoms with E-state index in [-0.39, 0.29) is 17.1 Å². The van der Waals surface area contributed by atoms with E-state index in [0.717, 1.165) is 45.2 Å². The molecule has 208 valence electrons. The summed E-state index contributed by atoms with van der Waals surface area (Å²) in [6, 6.07) is 9.10. The van der Waals surface area contributed by atoms with Gasteiger partial charge in [0.1, 0.15) is 11.2 Å². The first-order valence-electron chi connectivity index (χ1n) is 14.7. The number of nitrogens with zero attached hydrogens (tertiary/aromatic N) is 1. The van der Waals surface area contributed by atoms with Crippen LogP contribution in [0.1, 0.15) is 77.2 Å². The van der Waals surface area contributed by atoms with Crippen molar-refractivity contribution in [3.8, 4) is 11.8 Å². The van der Waals surface area contributed by atoms with E-state index in [0.29, 0.717) is 30.8 Å². The van der Waals surface area contributed by atoms with Crippen LogP contribution < -0.4 is 4.90 Å². The van der Waals surface area contributed by atoms with Crippen LogP contribution in [0, 0.1) is 29.1 Å². The normalized spacial score (nSPS) is 34.4. The third kappa shape index (κ3) is 4.40. The van der Waals surface area contributed by atoms with E-state index in [4.69, 9.17) is 9.47 Å². The molecule has 0 radical (unpaired) electrons. The Morgan fingerprint density at radius 2 is 1.82 bits per heavy atom. The number of allylic oxidation sites excluding steroid dienone is 4. The van der Waals surface area contributed by atoms with Gasteiger partial charge in [-0.3, -0.25) is 4.79 Å². The minimum Gasteiger partial charge on any atom is -0.378 e. The van der Waals surface area contributed by atoms with Gasteiger partial charge < -0.3 is 19.5 Å². The average molecular weight is 530 g/mol. The molecule has 1 N–H and O–H groups in total. The summed E-state index contributed by atoms with van der Waals surface area (Å²) in [5, 5.41) is 12.2. The molecule has 2 saturated carbocycles. The molecule has 1 heterocycles. The van der Waals surface area contributed by atoms with Crippen molar-refractivity contribution in [2.75, 3.05) is 32.2 Å². The molecule has 0 bridgehead atoms. The first kappa shape index (κ1) is 26.8. The number of anilines is 1. The summed E-state index contributed by atoms with van der Waals surface area (Å²) in [5.74, 6) is 7.90. The number of benzene rings is 1. The van der Waals surface area contributed by atoms with Gasteiger partial charge in [-0.05, 0) is 99.1 Å². The lowest BCUT2D eigenvalue weighted by atomic mass is 9.51. The maximum atomic E-state index is 12.3. The summed E-state index contributed by atoms with van der Waals surface area (Å²) in [5.41, 5.74) is 4.83. The highest BCUT2D eigenvalue weighted by Gasteiger charge is 2.62. The van der Waals surface area contributed by atoms with Gasteiger partial charge in [-0.15, -0.1) is 0 Å². The first-order chi connectivity index (χ1) is 18.6. The smallest absolute Gasteiger partial charge is 0.156 e. The molecule has 5 aliphatic rings. The van der Waals surface area contributed by atoms with Crippen LogP contribution in [-0.4, -0.2) is 55.5 Å². The van der Waals surface area contributed by atoms with Crippen molar-refractivity contribution in [2.45, 2.75) is 88.9 Å². The fourth-order valence-corrected chi connectivity index (χ4v) is 8.19. The molecule has 0 spiro atoms. The third-order valence-electron chi connectivity index (χ3n) is 10.8. The number of carbonyl (C=O) groups excluding carboxylic acids is 1. The summed E-state index contributed by atoms with van der Waals surface area (Å²) in [6.07, 6.45) is 8.26. The highest BCUT2D eigenvalue weighted by atomic mass is 16.5. The van der Waals surface area contributed by atoms with Gasteiger partial charge in [0.25, 0.3) is 0 Å². The lowest BCUT2D eigenvalue weighted by Gasteiger charge is -2.53. The fourth-order valence-electron chi connectivity index (χ4n) is 8.19. The Labute approximate surface area is 233 Å². The van der Waals surface area contributed by atoms with Gasteiger partial charge in [-0.2, -0.15) is 0 Å². The average Bonchev–Trinajstić information content (AvgIpc) is 3.17. The quantitative estimate of drug-likeness (QED) is 0.516.